The lowest BCUT2D eigenvalue weighted by atomic mass is 10.0. The summed E-state index contributed by atoms with van der Waals surface area (Å²) in [5.74, 6) is 1.47. The molecule has 2 N–H and O–H groups in total. The van der Waals surface area contributed by atoms with Crippen LogP contribution in [0.15, 0.2) is 72.9 Å². The first-order valence-corrected chi connectivity index (χ1v) is 13.9. The van der Waals surface area contributed by atoms with E-state index in [1.807, 2.05) is 55.5 Å². The molecule has 0 radical (unpaired) electrons. The quantitative estimate of drug-likeness (QED) is 0.337. The molecule has 2 aromatic carbocycles. The van der Waals surface area contributed by atoms with E-state index in [4.69, 9.17) is 9.72 Å². The third-order valence-electron chi connectivity index (χ3n) is 6.44. The summed E-state index contributed by atoms with van der Waals surface area (Å²) in [6, 6.07) is 15.3. The second-order valence-electron chi connectivity index (χ2n) is 9.11. The van der Waals surface area contributed by atoms with Gasteiger partial charge in [0.2, 0.25) is 11.8 Å². The molecule has 190 valence electrons. The van der Waals surface area contributed by atoms with Crippen molar-refractivity contribution < 1.29 is 13.2 Å². The highest BCUT2D eigenvalue weighted by Crippen LogP contribution is 2.37. The van der Waals surface area contributed by atoms with Gasteiger partial charge in [0.15, 0.2) is 9.84 Å². The van der Waals surface area contributed by atoms with Crippen LogP contribution in [0, 0.1) is 6.92 Å². The van der Waals surface area contributed by atoms with Crippen molar-refractivity contribution in [1.29, 1.82) is 0 Å². The van der Waals surface area contributed by atoms with Gasteiger partial charge in [0.1, 0.15) is 5.75 Å². The van der Waals surface area contributed by atoms with Crippen LogP contribution in [0.5, 0.6) is 11.6 Å². The van der Waals surface area contributed by atoms with Crippen LogP contribution in [0.4, 0.5) is 5.95 Å². The monoisotopic (exact) mass is 515 g/mol. The molecule has 0 saturated carbocycles. The van der Waals surface area contributed by atoms with Crippen LogP contribution in [-0.2, 0) is 15.6 Å². The number of hydrogen-bond donors (Lipinski definition) is 2. The van der Waals surface area contributed by atoms with Gasteiger partial charge in [-0.05, 0) is 61.0 Å². The normalized spacial score (nSPS) is 15.9. The van der Waals surface area contributed by atoms with Crippen molar-refractivity contribution in [2.45, 2.75) is 31.6 Å². The molecule has 0 bridgehead atoms. The fourth-order valence-corrected chi connectivity index (χ4v) is 5.34. The summed E-state index contributed by atoms with van der Waals surface area (Å²) in [5, 5.41) is 9.42. The molecule has 1 fully saturated rings. The number of benzene rings is 2. The summed E-state index contributed by atoms with van der Waals surface area (Å²) in [6.45, 7) is 7.30. The lowest BCUT2D eigenvalue weighted by Crippen LogP contribution is -2.38. The number of sulfone groups is 1. The molecule has 9 heteroatoms. The van der Waals surface area contributed by atoms with Crippen molar-refractivity contribution >= 4 is 26.6 Å². The first-order chi connectivity index (χ1) is 17.9. The zero-order chi connectivity index (χ0) is 25.8. The Hall–Kier alpha value is -3.82. The highest BCUT2D eigenvalue weighted by Gasteiger charge is 2.18. The molecule has 8 nitrogen and oxygen atoms in total. The number of rotatable bonds is 8. The molecule has 1 atom stereocenters. The Labute approximate surface area is 216 Å². The van der Waals surface area contributed by atoms with Crippen molar-refractivity contribution in [3.63, 3.8) is 0 Å². The minimum absolute atomic E-state index is 0.127. The zero-order valence-corrected chi connectivity index (χ0v) is 21.5. The number of aromatic nitrogens is 3. The maximum Gasteiger partial charge on any atom is 0.228 e. The van der Waals surface area contributed by atoms with Crippen LogP contribution in [0.3, 0.4) is 0 Å². The molecule has 1 aliphatic rings. The number of anilines is 1. The Kier molecular flexibility index (Phi) is 7.16. The summed E-state index contributed by atoms with van der Waals surface area (Å²) in [7, 11) is -3.42. The fraction of sp³-hybridized carbons (Fsp3) is 0.250. The van der Waals surface area contributed by atoms with Crippen molar-refractivity contribution in [1.82, 2.24) is 20.3 Å². The molecule has 2 aromatic heterocycles. The van der Waals surface area contributed by atoms with E-state index in [1.165, 1.54) is 0 Å². The van der Waals surface area contributed by atoms with Gasteiger partial charge >= 0.3 is 0 Å². The first kappa shape index (κ1) is 24.9. The van der Waals surface area contributed by atoms with E-state index >= 15 is 0 Å². The number of piperidine rings is 1. The molecule has 1 saturated heterocycles. The summed E-state index contributed by atoms with van der Waals surface area (Å²) < 4.78 is 30.9. The van der Waals surface area contributed by atoms with Gasteiger partial charge in [-0.2, -0.15) is 0 Å². The van der Waals surface area contributed by atoms with E-state index in [0.717, 1.165) is 53.2 Å². The summed E-state index contributed by atoms with van der Waals surface area (Å²) in [6.07, 6.45) is 5.59. The van der Waals surface area contributed by atoms with Gasteiger partial charge in [0, 0.05) is 35.8 Å². The Morgan fingerprint density at radius 3 is 2.81 bits per heavy atom. The van der Waals surface area contributed by atoms with Crippen molar-refractivity contribution in [2.75, 3.05) is 18.4 Å². The second-order valence-corrected chi connectivity index (χ2v) is 11.1. The van der Waals surface area contributed by atoms with E-state index in [-0.39, 0.29) is 11.8 Å². The molecule has 5 rings (SSSR count). The fourth-order valence-electron chi connectivity index (χ4n) is 4.54. The highest BCUT2D eigenvalue weighted by atomic mass is 32.2. The zero-order valence-electron chi connectivity index (χ0n) is 20.6. The third kappa shape index (κ3) is 5.63. The lowest BCUT2D eigenvalue weighted by molar-refractivity contribution is 0.466. The Morgan fingerprint density at radius 1 is 1.11 bits per heavy atom. The molecule has 0 unspecified atom stereocenters. The smallest absolute Gasteiger partial charge is 0.228 e. The van der Waals surface area contributed by atoms with Crippen LogP contribution in [0.2, 0.25) is 0 Å². The van der Waals surface area contributed by atoms with Gasteiger partial charge < -0.3 is 15.4 Å². The van der Waals surface area contributed by atoms with Crippen molar-refractivity contribution in [3.8, 4) is 22.9 Å². The average molecular weight is 516 g/mol. The summed E-state index contributed by atoms with van der Waals surface area (Å²) in [5.41, 5.74) is 3.02. The third-order valence-corrected chi connectivity index (χ3v) is 7.66. The SMILES string of the molecule is C=CS(=O)(=O)Cc1cccc2c(Oc3ncccc3-c3ccnc(N[C@H]4CCCNC4)n3)c(C)ccc12. The van der Waals surface area contributed by atoms with Gasteiger partial charge in [-0.15, -0.1) is 0 Å². The van der Waals surface area contributed by atoms with Gasteiger partial charge in [-0.3, -0.25) is 0 Å². The van der Waals surface area contributed by atoms with Gasteiger partial charge in [-0.1, -0.05) is 36.9 Å². The van der Waals surface area contributed by atoms with Crippen LogP contribution in [0.1, 0.15) is 24.0 Å². The molecule has 0 spiro atoms. The highest BCUT2D eigenvalue weighted by molar-refractivity contribution is 7.93. The van der Waals surface area contributed by atoms with Gasteiger partial charge in [0.05, 0.1) is 17.0 Å². The molecule has 0 amide bonds. The molecule has 37 heavy (non-hydrogen) atoms. The van der Waals surface area contributed by atoms with E-state index in [2.05, 4.69) is 27.2 Å². The predicted molar refractivity (Wildman–Crippen MR) is 146 cm³/mol. The van der Waals surface area contributed by atoms with Gasteiger partial charge in [0.25, 0.3) is 0 Å². The second kappa shape index (κ2) is 10.7. The largest absolute Gasteiger partial charge is 0.437 e. The molecule has 1 aliphatic heterocycles. The van der Waals surface area contributed by atoms with E-state index in [9.17, 15) is 8.42 Å². The van der Waals surface area contributed by atoms with E-state index in [1.54, 1.807) is 12.4 Å². The molecule has 3 heterocycles. The Balaban J connectivity index is 1.50. The summed E-state index contributed by atoms with van der Waals surface area (Å²) >= 11 is 0. The first-order valence-electron chi connectivity index (χ1n) is 12.2. The maximum atomic E-state index is 12.2. The number of pyridine rings is 1. The van der Waals surface area contributed by atoms with E-state index in [0.29, 0.717) is 28.8 Å². The van der Waals surface area contributed by atoms with Crippen LogP contribution < -0.4 is 15.4 Å². The Bertz CT molecular complexity index is 1550. The molecule has 4 aromatic rings. The van der Waals surface area contributed by atoms with Gasteiger partial charge in [-0.25, -0.2) is 23.4 Å². The number of nitrogens with one attached hydrogen (secondary N) is 2. The van der Waals surface area contributed by atoms with E-state index < -0.39 is 9.84 Å². The minimum Gasteiger partial charge on any atom is -0.437 e. The molecule has 0 aliphatic carbocycles. The number of nitrogens with zero attached hydrogens (tertiary/aromatic N) is 3. The van der Waals surface area contributed by atoms with Crippen molar-refractivity contribution in [2.24, 2.45) is 0 Å². The van der Waals surface area contributed by atoms with Crippen LogP contribution in [-0.4, -0.2) is 42.5 Å². The van der Waals surface area contributed by atoms with Crippen molar-refractivity contribution in [3.05, 3.63) is 84.0 Å². The molecular formula is C28H29N5O3S. The number of aryl methyl sites for hydroxylation is 1. The molecular weight excluding hydrogens is 486 g/mol. The topological polar surface area (TPSA) is 106 Å². The summed E-state index contributed by atoms with van der Waals surface area (Å²) in [4.78, 5) is 13.7. The minimum atomic E-state index is -3.42. The maximum absolute atomic E-state index is 12.2. The lowest BCUT2D eigenvalue weighted by Gasteiger charge is -2.23. The standard InChI is InChI=1S/C28H29N5O3S/c1-3-37(34,35)18-20-7-4-9-23-22(20)12-11-19(2)26(23)36-27-24(10-6-15-30-27)25-13-16-31-28(33-25)32-21-8-5-14-29-17-21/h3-4,6-7,9-13,15-16,21,29H,1,5,8,14,17-18H2,2H3,(H,31,32,33)/t21-/m0/s1. The average Bonchev–Trinajstić information content (AvgIpc) is 2.91. The van der Waals surface area contributed by atoms with Crippen LogP contribution in [0.25, 0.3) is 22.0 Å². The number of fused-ring (bicyclic) bond motifs is 1. The Morgan fingerprint density at radius 2 is 2.00 bits per heavy atom. The van der Waals surface area contributed by atoms with Crippen LogP contribution >= 0.6 is 0 Å². The predicted octanol–water partition coefficient (Wildman–Crippen LogP) is 5.01. The number of ether oxygens (including phenoxy) is 1. The number of hydrogen-bond acceptors (Lipinski definition) is 8.